The van der Waals surface area contributed by atoms with Gasteiger partial charge in [-0.15, -0.1) is 11.3 Å². The second-order valence-electron chi connectivity index (χ2n) is 4.41. The standard InChI is InChI=1S/C14H9F3N2O4S/c1-23-13(20)10-6-8(19(21)22)7-18-11(10)4-2-9-3-5-12(24-9)14(15,16)17/h2-7H,1H3/b4-2+. The Balaban J connectivity index is 2.36. The van der Waals surface area contributed by atoms with E-state index in [9.17, 15) is 28.1 Å². The maximum atomic E-state index is 12.5. The molecule has 6 nitrogen and oxygen atoms in total. The first-order chi connectivity index (χ1) is 11.2. The maximum Gasteiger partial charge on any atom is 0.425 e. The summed E-state index contributed by atoms with van der Waals surface area (Å²) in [6.45, 7) is 0. The van der Waals surface area contributed by atoms with E-state index in [4.69, 9.17) is 0 Å². The van der Waals surface area contributed by atoms with Crippen LogP contribution in [0.25, 0.3) is 12.2 Å². The molecule has 0 bridgehead atoms. The molecule has 0 saturated heterocycles. The van der Waals surface area contributed by atoms with Crippen molar-refractivity contribution < 1.29 is 27.6 Å². The van der Waals surface area contributed by atoms with Gasteiger partial charge >= 0.3 is 12.1 Å². The monoisotopic (exact) mass is 358 g/mol. The van der Waals surface area contributed by atoms with Crippen molar-refractivity contribution in [1.82, 2.24) is 4.98 Å². The summed E-state index contributed by atoms with van der Waals surface area (Å²) in [5.74, 6) is -0.840. The number of hydrogen-bond acceptors (Lipinski definition) is 6. The minimum atomic E-state index is -4.43. The number of esters is 1. The molecule has 0 aliphatic rings. The first-order valence-corrected chi connectivity index (χ1v) is 7.12. The number of hydrogen-bond donors (Lipinski definition) is 0. The van der Waals surface area contributed by atoms with Gasteiger partial charge in [0.1, 0.15) is 11.1 Å². The van der Waals surface area contributed by atoms with E-state index in [-0.39, 0.29) is 11.3 Å². The molecule has 0 unspecified atom stereocenters. The van der Waals surface area contributed by atoms with Gasteiger partial charge in [-0.05, 0) is 24.3 Å². The lowest BCUT2D eigenvalue weighted by Gasteiger charge is -2.03. The summed E-state index contributed by atoms with van der Waals surface area (Å²) in [7, 11) is 1.10. The van der Waals surface area contributed by atoms with Crippen LogP contribution in [0.3, 0.4) is 0 Å². The van der Waals surface area contributed by atoms with Gasteiger partial charge < -0.3 is 4.74 Å². The molecule has 0 atom stereocenters. The van der Waals surface area contributed by atoms with Crippen LogP contribution in [0.1, 0.15) is 25.8 Å². The Labute approximate surface area is 137 Å². The summed E-state index contributed by atoms with van der Waals surface area (Å²) in [4.78, 5) is 25.0. The van der Waals surface area contributed by atoms with Crippen molar-refractivity contribution in [3.8, 4) is 0 Å². The summed E-state index contributed by atoms with van der Waals surface area (Å²) < 4.78 is 42.2. The highest BCUT2D eigenvalue weighted by molar-refractivity contribution is 7.13. The molecule has 2 aromatic heterocycles. The van der Waals surface area contributed by atoms with Gasteiger partial charge in [0.2, 0.25) is 0 Å². The van der Waals surface area contributed by atoms with Gasteiger partial charge in [-0.1, -0.05) is 0 Å². The Morgan fingerprint density at radius 2 is 2.08 bits per heavy atom. The highest BCUT2D eigenvalue weighted by atomic mass is 32.1. The number of carbonyl (C=O) groups excluding carboxylic acids is 1. The molecule has 0 amide bonds. The lowest BCUT2D eigenvalue weighted by molar-refractivity contribution is -0.385. The van der Waals surface area contributed by atoms with Crippen LogP contribution in [0.4, 0.5) is 18.9 Å². The zero-order valence-corrected chi connectivity index (χ0v) is 12.9. The molecule has 24 heavy (non-hydrogen) atoms. The SMILES string of the molecule is COC(=O)c1cc([N+](=O)[O-])cnc1/C=C/c1ccc(C(F)(F)F)s1. The number of halogens is 3. The van der Waals surface area contributed by atoms with Crippen LogP contribution in [-0.2, 0) is 10.9 Å². The number of carbonyl (C=O) groups is 1. The zero-order valence-electron chi connectivity index (χ0n) is 12.0. The zero-order chi connectivity index (χ0) is 17.9. The third-order valence-electron chi connectivity index (χ3n) is 2.83. The van der Waals surface area contributed by atoms with Crippen molar-refractivity contribution in [2.24, 2.45) is 0 Å². The largest absolute Gasteiger partial charge is 0.465 e. The summed E-state index contributed by atoms with van der Waals surface area (Å²) in [6, 6.07) is 3.20. The van der Waals surface area contributed by atoms with Gasteiger partial charge in [0, 0.05) is 10.9 Å². The molecule has 0 fully saturated rings. The van der Waals surface area contributed by atoms with Crippen LogP contribution in [0.2, 0.25) is 0 Å². The first kappa shape index (κ1) is 17.6. The average Bonchev–Trinajstić information content (AvgIpc) is 3.01. The molecule has 126 valence electrons. The van der Waals surface area contributed by atoms with Crippen LogP contribution < -0.4 is 0 Å². The molecular formula is C14H9F3N2O4S. The van der Waals surface area contributed by atoms with Crippen LogP contribution in [0.5, 0.6) is 0 Å². The van der Waals surface area contributed by atoms with Gasteiger partial charge in [-0.25, -0.2) is 9.78 Å². The fourth-order valence-electron chi connectivity index (χ4n) is 1.73. The molecular weight excluding hydrogens is 349 g/mol. The van der Waals surface area contributed by atoms with Crippen molar-refractivity contribution in [3.05, 3.63) is 55.5 Å². The molecule has 10 heteroatoms. The smallest absolute Gasteiger partial charge is 0.425 e. The van der Waals surface area contributed by atoms with E-state index in [0.29, 0.717) is 16.2 Å². The van der Waals surface area contributed by atoms with Crippen molar-refractivity contribution >= 4 is 35.1 Å². The van der Waals surface area contributed by atoms with Crippen molar-refractivity contribution in [1.29, 1.82) is 0 Å². The molecule has 2 heterocycles. The highest BCUT2D eigenvalue weighted by Gasteiger charge is 2.32. The number of methoxy groups -OCH3 is 1. The molecule has 0 spiro atoms. The van der Waals surface area contributed by atoms with E-state index in [0.717, 1.165) is 25.4 Å². The van der Waals surface area contributed by atoms with E-state index < -0.39 is 27.6 Å². The summed E-state index contributed by atoms with van der Waals surface area (Å²) in [6.07, 6.45) is -0.857. The normalized spacial score (nSPS) is 11.7. The second kappa shape index (κ2) is 6.79. The number of nitro groups is 1. The third-order valence-corrected chi connectivity index (χ3v) is 3.93. The van der Waals surface area contributed by atoms with Gasteiger partial charge in [0.05, 0.1) is 23.3 Å². The summed E-state index contributed by atoms with van der Waals surface area (Å²) in [5.41, 5.74) is -0.506. The topological polar surface area (TPSA) is 82.3 Å². The number of alkyl halides is 3. The van der Waals surface area contributed by atoms with Gasteiger partial charge in [-0.3, -0.25) is 10.1 Å². The Kier molecular flexibility index (Phi) is 4.98. The lowest BCUT2D eigenvalue weighted by Crippen LogP contribution is -2.06. The number of nitrogens with zero attached hydrogens (tertiary/aromatic N) is 2. The molecule has 0 aliphatic carbocycles. The molecule has 2 aromatic rings. The molecule has 0 aliphatic heterocycles. The van der Waals surface area contributed by atoms with Crippen molar-refractivity contribution in [3.63, 3.8) is 0 Å². The number of ether oxygens (including phenoxy) is 1. The molecule has 0 N–H and O–H groups in total. The first-order valence-electron chi connectivity index (χ1n) is 6.30. The van der Waals surface area contributed by atoms with Gasteiger partial charge in [0.15, 0.2) is 0 Å². The quantitative estimate of drug-likeness (QED) is 0.468. The predicted molar refractivity (Wildman–Crippen MR) is 80.5 cm³/mol. The third kappa shape index (κ3) is 3.96. The van der Waals surface area contributed by atoms with E-state index in [1.165, 1.54) is 18.2 Å². The summed E-state index contributed by atoms with van der Waals surface area (Å²) >= 11 is 0.523. The number of aromatic nitrogens is 1. The number of thiophene rings is 1. The highest BCUT2D eigenvalue weighted by Crippen LogP contribution is 2.35. The van der Waals surface area contributed by atoms with Crippen LogP contribution in [0.15, 0.2) is 24.4 Å². The van der Waals surface area contributed by atoms with Crippen LogP contribution in [-0.4, -0.2) is 23.0 Å². The lowest BCUT2D eigenvalue weighted by atomic mass is 10.1. The molecule has 2 rings (SSSR count). The van der Waals surface area contributed by atoms with Crippen molar-refractivity contribution in [2.45, 2.75) is 6.18 Å². The average molecular weight is 358 g/mol. The van der Waals surface area contributed by atoms with Crippen molar-refractivity contribution in [2.75, 3.05) is 7.11 Å². The maximum absolute atomic E-state index is 12.5. The Bertz CT molecular complexity index is 815. The van der Waals surface area contributed by atoms with E-state index in [1.54, 1.807) is 0 Å². The van der Waals surface area contributed by atoms with E-state index >= 15 is 0 Å². The molecule has 0 aromatic carbocycles. The molecule has 0 radical (unpaired) electrons. The predicted octanol–water partition coefficient (Wildman–Crippen LogP) is 4.03. The summed E-state index contributed by atoms with van der Waals surface area (Å²) in [5, 5.41) is 10.7. The van der Waals surface area contributed by atoms with E-state index in [1.807, 2.05) is 0 Å². The Morgan fingerprint density at radius 3 is 2.62 bits per heavy atom. The van der Waals surface area contributed by atoms with Crippen LogP contribution in [0, 0.1) is 10.1 Å². The van der Waals surface area contributed by atoms with Crippen LogP contribution >= 0.6 is 11.3 Å². The van der Waals surface area contributed by atoms with Gasteiger partial charge in [-0.2, -0.15) is 13.2 Å². The fourth-order valence-corrected chi connectivity index (χ4v) is 2.50. The van der Waals surface area contributed by atoms with Gasteiger partial charge in [0.25, 0.3) is 5.69 Å². The minimum absolute atomic E-state index is 0.0504. The number of rotatable bonds is 4. The fraction of sp³-hybridized carbons (Fsp3) is 0.143. The van der Waals surface area contributed by atoms with E-state index in [2.05, 4.69) is 9.72 Å². The minimum Gasteiger partial charge on any atom is -0.465 e. The second-order valence-corrected chi connectivity index (χ2v) is 5.52. The number of pyridine rings is 1. The Morgan fingerprint density at radius 1 is 1.38 bits per heavy atom. The Hall–Kier alpha value is -2.75. The molecule has 0 saturated carbocycles.